The summed E-state index contributed by atoms with van der Waals surface area (Å²) in [5, 5.41) is 4.36. The summed E-state index contributed by atoms with van der Waals surface area (Å²) in [5.41, 5.74) is 8.53. The van der Waals surface area contributed by atoms with Crippen molar-refractivity contribution in [2.24, 2.45) is 5.92 Å². The monoisotopic (exact) mass is 342 g/mol. The molecule has 0 spiro atoms. The number of carbonyl (C=O) groups excluding carboxylic acids is 1. The van der Waals surface area contributed by atoms with Crippen LogP contribution in [0.2, 0.25) is 6.82 Å². The molecule has 1 atom stereocenters. The van der Waals surface area contributed by atoms with Gasteiger partial charge in [-0.3, -0.25) is 0 Å². The Morgan fingerprint density at radius 2 is 2.24 bits per heavy atom. The fourth-order valence-corrected chi connectivity index (χ4v) is 3.32. The molecule has 1 aliphatic rings. The van der Waals surface area contributed by atoms with Gasteiger partial charge in [0, 0.05) is 18.8 Å². The molecule has 7 nitrogen and oxygen atoms in total. The number of anilines is 1. The maximum Gasteiger partial charge on any atom is 0.410 e. The van der Waals surface area contributed by atoms with Crippen LogP contribution < -0.4 is 11.2 Å². The molecule has 0 aromatic carbocycles. The summed E-state index contributed by atoms with van der Waals surface area (Å²) in [6.07, 6.45) is 3.04. The summed E-state index contributed by atoms with van der Waals surface area (Å²) in [7, 11) is 2.01. The molecule has 3 rings (SSSR count). The number of ether oxygens (including phenoxy) is 1. The van der Waals surface area contributed by atoms with Gasteiger partial charge in [-0.2, -0.15) is 5.10 Å². The molecule has 1 amide bonds. The predicted molar refractivity (Wildman–Crippen MR) is 98.3 cm³/mol. The topological polar surface area (TPSA) is 85.8 Å². The Hall–Kier alpha value is -2.25. The molecule has 133 valence electrons. The van der Waals surface area contributed by atoms with Crippen LogP contribution in [0.4, 0.5) is 10.6 Å². The van der Waals surface area contributed by atoms with Crippen molar-refractivity contribution >= 4 is 30.2 Å². The van der Waals surface area contributed by atoms with E-state index < -0.39 is 5.60 Å². The van der Waals surface area contributed by atoms with Crippen LogP contribution in [0.3, 0.4) is 0 Å². The van der Waals surface area contributed by atoms with Crippen molar-refractivity contribution in [2.75, 3.05) is 18.8 Å². The van der Waals surface area contributed by atoms with Gasteiger partial charge in [0.25, 0.3) is 0 Å². The summed E-state index contributed by atoms with van der Waals surface area (Å²) in [6, 6.07) is 2.11. The number of hydrogen-bond donors (Lipinski definition) is 1. The highest BCUT2D eigenvalue weighted by molar-refractivity contribution is 6.55. The molecule has 0 aliphatic carbocycles. The lowest BCUT2D eigenvalue weighted by molar-refractivity contribution is 0.0288. The molecular formula is C17H25BN5O2. The Morgan fingerprint density at radius 3 is 2.92 bits per heavy atom. The van der Waals surface area contributed by atoms with E-state index in [1.54, 1.807) is 4.90 Å². The van der Waals surface area contributed by atoms with Crippen LogP contribution in [0.5, 0.6) is 0 Å². The SMILES string of the molecule is C[B]c1cc(CC2CCN(C(=O)OC(C)(C)C)C2)n2ncnc(N)c12. The van der Waals surface area contributed by atoms with Crippen LogP contribution in [-0.2, 0) is 11.2 Å². The number of nitrogens with zero attached hydrogens (tertiary/aromatic N) is 4. The number of nitrogens with two attached hydrogens (primary N) is 1. The van der Waals surface area contributed by atoms with E-state index in [1.165, 1.54) is 6.33 Å². The fraction of sp³-hybridized carbons (Fsp3) is 0.588. The third-order valence-electron chi connectivity index (χ3n) is 4.43. The number of fused-ring (bicyclic) bond motifs is 1. The first-order chi connectivity index (χ1) is 11.8. The van der Waals surface area contributed by atoms with Gasteiger partial charge < -0.3 is 15.4 Å². The van der Waals surface area contributed by atoms with E-state index in [1.807, 2.05) is 39.4 Å². The van der Waals surface area contributed by atoms with Gasteiger partial charge in [-0.15, -0.1) is 0 Å². The van der Waals surface area contributed by atoms with E-state index in [0.717, 1.165) is 36.1 Å². The van der Waals surface area contributed by atoms with Crippen molar-refractivity contribution in [3.8, 4) is 0 Å². The maximum atomic E-state index is 12.2. The lowest BCUT2D eigenvalue weighted by Crippen LogP contribution is -2.35. The Labute approximate surface area is 148 Å². The first kappa shape index (κ1) is 17.6. The van der Waals surface area contributed by atoms with Crippen LogP contribution in [0.25, 0.3) is 5.52 Å². The molecule has 1 aliphatic heterocycles. The molecule has 1 unspecified atom stereocenters. The van der Waals surface area contributed by atoms with Gasteiger partial charge in [-0.1, -0.05) is 12.3 Å². The number of carbonyl (C=O) groups is 1. The number of rotatable bonds is 3. The quantitative estimate of drug-likeness (QED) is 0.854. The highest BCUT2D eigenvalue weighted by Crippen LogP contribution is 2.23. The van der Waals surface area contributed by atoms with E-state index >= 15 is 0 Å². The average molecular weight is 342 g/mol. The summed E-state index contributed by atoms with van der Waals surface area (Å²) in [5.74, 6) is 0.864. The van der Waals surface area contributed by atoms with Crippen molar-refractivity contribution in [3.05, 3.63) is 18.1 Å². The second-order valence-corrected chi connectivity index (χ2v) is 7.57. The van der Waals surface area contributed by atoms with E-state index in [-0.39, 0.29) is 6.09 Å². The largest absolute Gasteiger partial charge is 0.444 e. The normalized spacial score (nSPS) is 17.9. The van der Waals surface area contributed by atoms with Gasteiger partial charge in [0.2, 0.25) is 0 Å². The minimum absolute atomic E-state index is 0.232. The van der Waals surface area contributed by atoms with Crippen LogP contribution in [0.1, 0.15) is 32.9 Å². The van der Waals surface area contributed by atoms with Crippen LogP contribution in [-0.4, -0.2) is 51.6 Å². The van der Waals surface area contributed by atoms with Crippen molar-refractivity contribution in [3.63, 3.8) is 0 Å². The molecule has 2 N–H and O–H groups in total. The summed E-state index contributed by atoms with van der Waals surface area (Å²) in [6.45, 7) is 9.07. The van der Waals surface area contributed by atoms with Gasteiger partial charge in [-0.25, -0.2) is 14.3 Å². The third kappa shape index (κ3) is 3.72. The predicted octanol–water partition coefficient (Wildman–Crippen LogP) is 1.49. The first-order valence-electron chi connectivity index (χ1n) is 8.67. The van der Waals surface area contributed by atoms with Gasteiger partial charge >= 0.3 is 6.09 Å². The van der Waals surface area contributed by atoms with Crippen LogP contribution >= 0.6 is 0 Å². The Bertz CT molecular complexity index is 783. The first-order valence-corrected chi connectivity index (χ1v) is 8.67. The number of amides is 1. The molecule has 2 aromatic heterocycles. The van der Waals surface area contributed by atoms with E-state index in [9.17, 15) is 4.79 Å². The zero-order valence-corrected chi connectivity index (χ0v) is 15.3. The number of aromatic nitrogens is 3. The third-order valence-corrected chi connectivity index (χ3v) is 4.43. The summed E-state index contributed by atoms with van der Waals surface area (Å²) in [4.78, 5) is 18.1. The van der Waals surface area contributed by atoms with E-state index in [0.29, 0.717) is 18.3 Å². The zero-order chi connectivity index (χ0) is 18.2. The molecule has 0 saturated carbocycles. The average Bonchev–Trinajstić information content (AvgIpc) is 3.12. The zero-order valence-electron chi connectivity index (χ0n) is 15.3. The molecule has 1 radical (unpaired) electrons. The second kappa shape index (κ2) is 6.57. The highest BCUT2D eigenvalue weighted by Gasteiger charge is 2.30. The standard InChI is InChI=1S/C17H25BN5O2/c1-17(2,3)25-16(24)22-6-5-11(9-22)7-12-8-13(18-4)14-15(19)20-10-21-23(12)14/h8,10-11H,5-7,9H2,1-4H3,(H2,19,20,21). The minimum atomic E-state index is -0.465. The smallest absolute Gasteiger partial charge is 0.410 e. The number of likely N-dealkylation sites (tertiary alicyclic amines) is 1. The van der Waals surface area contributed by atoms with Gasteiger partial charge in [0.15, 0.2) is 13.1 Å². The Balaban J connectivity index is 1.73. The lowest BCUT2D eigenvalue weighted by atomic mass is 9.73. The molecule has 0 bridgehead atoms. The Morgan fingerprint density at radius 1 is 1.48 bits per heavy atom. The Kier molecular flexibility index (Phi) is 4.62. The molecule has 8 heteroatoms. The highest BCUT2D eigenvalue weighted by atomic mass is 16.6. The molecule has 1 fully saturated rings. The summed E-state index contributed by atoms with van der Waals surface area (Å²) >= 11 is 0. The fourth-order valence-electron chi connectivity index (χ4n) is 3.32. The van der Waals surface area contributed by atoms with Crippen molar-refractivity contribution < 1.29 is 9.53 Å². The maximum absolute atomic E-state index is 12.2. The van der Waals surface area contributed by atoms with Crippen molar-refractivity contribution in [1.82, 2.24) is 19.5 Å². The van der Waals surface area contributed by atoms with Gasteiger partial charge in [-0.05, 0) is 45.6 Å². The van der Waals surface area contributed by atoms with E-state index in [2.05, 4.69) is 16.1 Å². The number of nitrogen functional groups attached to an aromatic ring is 1. The van der Waals surface area contributed by atoms with Crippen LogP contribution in [0.15, 0.2) is 12.4 Å². The van der Waals surface area contributed by atoms with Crippen molar-refractivity contribution in [1.29, 1.82) is 0 Å². The minimum Gasteiger partial charge on any atom is -0.444 e. The van der Waals surface area contributed by atoms with E-state index in [4.69, 9.17) is 10.5 Å². The summed E-state index contributed by atoms with van der Waals surface area (Å²) < 4.78 is 7.34. The molecule has 2 aromatic rings. The molecule has 1 saturated heterocycles. The molecular weight excluding hydrogens is 317 g/mol. The lowest BCUT2D eigenvalue weighted by Gasteiger charge is -2.24. The molecule has 25 heavy (non-hydrogen) atoms. The van der Waals surface area contributed by atoms with Crippen molar-refractivity contribution in [2.45, 2.75) is 46.0 Å². The molecule has 3 heterocycles. The van der Waals surface area contributed by atoms with Gasteiger partial charge in [0.05, 0.1) is 0 Å². The second-order valence-electron chi connectivity index (χ2n) is 7.57. The van der Waals surface area contributed by atoms with Gasteiger partial charge in [0.1, 0.15) is 17.4 Å². The number of hydrogen-bond acceptors (Lipinski definition) is 5. The van der Waals surface area contributed by atoms with Crippen LogP contribution in [0, 0.1) is 5.92 Å².